The van der Waals surface area contributed by atoms with Gasteiger partial charge < -0.3 is 15.0 Å². The molecule has 0 saturated carbocycles. The average Bonchev–Trinajstić information content (AvgIpc) is 2.60. The minimum absolute atomic E-state index is 0.0330. The molecule has 2 amide bonds. The number of benzene rings is 1. The molecule has 0 radical (unpaired) electrons. The molecule has 0 bridgehead atoms. The van der Waals surface area contributed by atoms with E-state index in [0.29, 0.717) is 24.7 Å². The lowest BCUT2D eigenvalue weighted by Gasteiger charge is -2.40. The summed E-state index contributed by atoms with van der Waals surface area (Å²) in [6.45, 7) is 7.34. The minimum Gasteiger partial charge on any atom is -0.381 e. The van der Waals surface area contributed by atoms with E-state index >= 15 is 0 Å². The van der Waals surface area contributed by atoms with Crippen molar-refractivity contribution in [2.24, 2.45) is 5.92 Å². The third-order valence-electron chi connectivity index (χ3n) is 5.45. The lowest BCUT2D eigenvalue weighted by Crippen LogP contribution is -2.47. The van der Waals surface area contributed by atoms with Gasteiger partial charge in [0.25, 0.3) is 5.91 Å². The zero-order valence-corrected chi connectivity index (χ0v) is 15.4. The van der Waals surface area contributed by atoms with E-state index in [4.69, 9.17) is 4.74 Å². The molecule has 5 heteroatoms. The van der Waals surface area contributed by atoms with Gasteiger partial charge in [0.05, 0.1) is 0 Å². The topological polar surface area (TPSA) is 58.6 Å². The van der Waals surface area contributed by atoms with E-state index in [0.717, 1.165) is 36.9 Å². The standard InChI is InChI=1S/C20H28N2O3/c1-4-18-13(2)11-16-12-15(5-6-19(16)22(18)14(3)23)20(24)21-17-7-9-25-10-8-17/h5-6,12-13,17-18H,4,7-11H2,1-3H3,(H,21,24)/t13-,18+/m1/s1. The van der Waals surface area contributed by atoms with E-state index < -0.39 is 0 Å². The maximum Gasteiger partial charge on any atom is 0.251 e. The third-order valence-corrected chi connectivity index (χ3v) is 5.45. The molecule has 2 aliphatic heterocycles. The van der Waals surface area contributed by atoms with Crippen LogP contribution in [0.15, 0.2) is 18.2 Å². The van der Waals surface area contributed by atoms with Gasteiger partial charge in [-0.3, -0.25) is 9.59 Å². The quantitative estimate of drug-likeness (QED) is 0.917. The predicted octanol–water partition coefficient (Wildman–Crippen LogP) is 2.92. The molecule has 5 nitrogen and oxygen atoms in total. The van der Waals surface area contributed by atoms with Crippen LogP contribution < -0.4 is 10.2 Å². The highest BCUT2D eigenvalue weighted by molar-refractivity contribution is 5.97. The van der Waals surface area contributed by atoms with Crippen LogP contribution in [0.3, 0.4) is 0 Å². The molecule has 0 unspecified atom stereocenters. The molecule has 3 rings (SSSR count). The van der Waals surface area contributed by atoms with E-state index in [1.807, 2.05) is 23.1 Å². The van der Waals surface area contributed by atoms with Crippen molar-refractivity contribution in [2.75, 3.05) is 18.1 Å². The molecule has 2 aliphatic rings. The maximum atomic E-state index is 12.6. The smallest absolute Gasteiger partial charge is 0.251 e. The fraction of sp³-hybridized carbons (Fsp3) is 0.600. The van der Waals surface area contributed by atoms with Crippen molar-refractivity contribution in [1.29, 1.82) is 0 Å². The molecule has 1 N–H and O–H groups in total. The van der Waals surface area contributed by atoms with Crippen LogP contribution in [0, 0.1) is 5.92 Å². The summed E-state index contributed by atoms with van der Waals surface area (Å²) in [7, 11) is 0. The number of carbonyl (C=O) groups is 2. The Bertz CT molecular complexity index is 652. The minimum atomic E-state index is -0.0330. The summed E-state index contributed by atoms with van der Waals surface area (Å²) in [4.78, 5) is 26.7. The van der Waals surface area contributed by atoms with Gasteiger partial charge in [0.2, 0.25) is 5.91 Å². The highest BCUT2D eigenvalue weighted by Crippen LogP contribution is 2.35. The fourth-order valence-corrected chi connectivity index (χ4v) is 4.14. The molecule has 2 heterocycles. The molecule has 1 aromatic rings. The Morgan fingerprint density at radius 3 is 2.64 bits per heavy atom. The summed E-state index contributed by atoms with van der Waals surface area (Å²) in [6.07, 6.45) is 3.57. The summed E-state index contributed by atoms with van der Waals surface area (Å²) in [5.41, 5.74) is 2.72. The van der Waals surface area contributed by atoms with Gasteiger partial charge in [0.15, 0.2) is 0 Å². The second-order valence-electron chi connectivity index (χ2n) is 7.25. The molecular formula is C20H28N2O3. The van der Waals surface area contributed by atoms with Crippen molar-refractivity contribution in [3.8, 4) is 0 Å². The Morgan fingerprint density at radius 1 is 1.28 bits per heavy atom. The van der Waals surface area contributed by atoms with Crippen LogP contribution in [0.2, 0.25) is 0 Å². The maximum absolute atomic E-state index is 12.6. The van der Waals surface area contributed by atoms with Gasteiger partial charge in [-0.05, 0) is 55.4 Å². The van der Waals surface area contributed by atoms with Crippen LogP contribution in [-0.4, -0.2) is 37.1 Å². The monoisotopic (exact) mass is 344 g/mol. The Balaban J connectivity index is 1.82. The SMILES string of the molecule is CC[C@H]1[C@H](C)Cc2cc(C(=O)NC3CCOCC3)ccc2N1C(C)=O. The van der Waals surface area contributed by atoms with Gasteiger partial charge in [-0.1, -0.05) is 13.8 Å². The Hall–Kier alpha value is -1.88. The van der Waals surface area contributed by atoms with E-state index in [1.54, 1.807) is 6.92 Å². The first-order chi connectivity index (χ1) is 12.0. The lowest BCUT2D eigenvalue weighted by atomic mass is 9.84. The Kier molecular flexibility index (Phi) is 5.42. The number of hydrogen-bond acceptors (Lipinski definition) is 3. The number of hydrogen-bond donors (Lipinski definition) is 1. The summed E-state index contributed by atoms with van der Waals surface area (Å²) in [5, 5.41) is 3.11. The number of nitrogens with zero attached hydrogens (tertiary/aromatic N) is 1. The molecule has 1 aromatic carbocycles. The van der Waals surface area contributed by atoms with Crippen LogP contribution in [0.4, 0.5) is 5.69 Å². The first-order valence-corrected chi connectivity index (χ1v) is 9.32. The second-order valence-corrected chi connectivity index (χ2v) is 7.25. The van der Waals surface area contributed by atoms with E-state index in [2.05, 4.69) is 19.2 Å². The van der Waals surface area contributed by atoms with Gasteiger partial charge in [0, 0.05) is 43.5 Å². The van der Waals surface area contributed by atoms with E-state index in [1.165, 1.54) is 0 Å². The highest BCUT2D eigenvalue weighted by atomic mass is 16.5. The molecule has 1 saturated heterocycles. The Labute approximate surface area is 149 Å². The van der Waals surface area contributed by atoms with Crippen molar-refractivity contribution in [1.82, 2.24) is 5.32 Å². The summed E-state index contributed by atoms with van der Waals surface area (Å²) in [6, 6.07) is 6.15. The number of rotatable bonds is 3. The van der Waals surface area contributed by atoms with Crippen LogP contribution in [0.25, 0.3) is 0 Å². The number of fused-ring (bicyclic) bond motifs is 1. The number of ether oxygens (including phenoxy) is 1. The first kappa shape index (κ1) is 17.9. The molecule has 0 aliphatic carbocycles. The lowest BCUT2D eigenvalue weighted by molar-refractivity contribution is -0.117. The first-order valence-electron chi connectivity index (χ1n) is 9.32. The van der Waals surface area contributed by atoms with Crippen molar-refractivity contribution in [2.45, 2.75) is 58.5 Å². The van der Waals surface area contributed by atoms with Crippen molar-refractivity contribution >= 4 is 17.5 Å². The second kappa shape index (κ2) is 7.56. The zero-order chi connectivity index (χ0) is 18.0. The summed E-state index contributed by atoms with van der Waals surface area (Å²) >= 11 is 0. The molecule has 0 aromatic heterocycles. The molecule has 25 heavy (non-hydrogen) atoms. The summed E-state index contributed by atoms with van der Waals surface area (Å²) < 4.78 is 5.34. The van der Waals surface area contributed by atoms with Crippen LogP contribution in [-0.2, 0) is 16.0 Å². The van der Waals surface area contributed by atoms with Crippen LogP contribution in [0.5, 0.6) is 0 Å². The van der Waals surface area contributed by atoms with Gasteiger partial charge in [-0.25, -0.2) is 0 Å². The van der Waals surface area contributed by atoms with Gasteiger partial charge in [-0.15, -0.1) is 0 Å². The average molecular weight is 344 g/mol. The highest BCUT2D eigenvalue weighted by Gasteiger charge is 2.33. The molecule has 136 valence electrons. The molecule has 0 spiro atoms. The molecule has 1 fully saturated rings. The predicted molar refractivity (Wildman–Crippen MR) is 97.9 cm³/mol. The number of carbonyl (C=O) groups excluding carboxylic acids is 2. The Morgan fingerprint density at radius 2 is 2.00 bits per heavy atom. The normalized spacial score (nSPS) is 23.9. The third kappa shape index (κ3) is 3.71. The van der Waals surface area contributed by atoms with E-state index in [-0.39, 0.29) is 23.9 Å². The summed E-state index contributed by atoms with van der Waals surface area (Å²) in [5.74, 6) is 0.420. The van der Waals surface area contributed by atoms with Crippen molar-refractivity contribution in [3.63, 3.8) is 0 Å². The number of amides is 2. The van der Waals surface area contributed by atoms with Crippen molar-refractivity contribution in [3.05, 3.63) is 29.3 Å². The molecular weight excluding hydrogens is 316 g/mol. The fourth-order valence-electron chi connectivity index (χ4n) is 4.14. The van der Waals surface area contributed by atoms with Gasteiger partial charge >= 0.3 is 0 Å². The van der Waals surface area contributed by atoms with Crippen molar-refractivity contribution < 1.29 is 14.3 Å². The largest absolute Gasteiger partial charge is 0.381 e. The van der Waals surface area contributed by atoms with Gasteiger partial charge in [-0.2, -0.15) is 0 Å². The number of anilines is 1. The van der Waals surface area contributed by atoms with Gasteiger partial charge in [0.1, 0.15) is 0 Å². The van der Waals surface area contributed by atoms with Crippen LogP contribution >= 0.6 is 0 Å². The van der Waals surface area contributed by atoms with Crippen LogP contribution in [0.1, 0.15) is 56.0 Å². The number of nitrogens with one attached hydrogen (secondary N) is 1. The molecule has 2 atom stereocenters. The van der Waals surface area contributed by atoms with E-state index in [9.17, 15) is 9.59 Å². The zero-order valence-electron chi connectivity index (χ0n) is 15.4.